The van der Waals surface area contributed by atoms with Gasteiger partial charge in [-0.1, -0.05) is 6.92 Å². The van der Waals surface area contributed by atoms with Crippen LogP contribution in [0.15, 0.2) is 0 Å². The lowest BCUT2D eigenvalue weighted by atomic mass is 10.5. The van der Waals surface area contributed by atoms with Gasteiger partial charge >= 0.3 is 6.01 Å². The monoisotopic (exact) mass is 297 g/mol. The standard InChI is InChI=1S/C14H27N5O2/c1-6-7-15-12-17-13(16-8-9-20-10(2)3)19-14(18-12)21-11(4)5/h10-11H,6-9H2,1-5H3,(H2,15,16,17,18,19). The average Bonchev–Trinajstić information content (AvgIpc) is 2.40. The molecule has 0 aliphatic carbocycles. The summed E-state index contributed by atoms with van der Waals surface area (Å²) in [6.07, 6.45) is 1.23. The zero-order chi connectivity index (χ0) is 15.7. The van der Waals surface area contributed by atoms with Crippen LogP contribution in [0.1, 0.15) is 41.0 Å². The Morgan fingerprint density at radius 2 is 1.52 bits per heavy atom. The maximum absolute atomic E-state index is 5.55. The quantitative estimate of drug-likeness (QED) is 0.641. The van der Waals surface area contributed by atoms with Crippen LogP contribution in [0.4, 0.5) is 11.9 Å². The Bertz CT molecular complexity index is 412. The Labute approximate surface area is 126 Å². The van der Waals surface area contributed by atoms with Gasteiger partial charge in [0.25, 0.3) is 0 Å². The van der Waals surface area contributed by atoms with E-state index in [9.17, 15) is 0 Å². The Kier molecular flexibility index (Phi) is 7.74. The summed E-state index contributed by atoms with van der Waals surface area (Å²) in [5.74, 6) is 1.02. The molecular formula is C14H27N5O2. The van der Waals surface area contributed by atoms with Crippen LogP contribution in [-0.4, -0.2) is 46.9 Å². The van der Waals surface area contributed by atoms with Gasteiger partial charge in [-0.25, -0.2) is 0 Å². The fraction of sp³-hybridized carbons (Fsp3) is 0.786. The number of hydrogen-bond acceptors (Lipinski definition) is 7. The van der Waals surface area contributed by atoms with E-state index in [-0.39, 0.29) is 12.2 Å². The molecule has 0 saturated heterocycles. The van der Waals surface area contributed by atoms with Crippen molar-refractivity contribution in [3.8, 4) is 6.01 Å². The molecule has 0 amide bonds. The number of nitrogens with zero attached hydrogens (tertiary/aromatic N) is 3. The molecule has 0 bridgehead atoms. The average molecular weight is 297 g/mol. The predicted octanol–water partition coefficient (Wildman–Crippen LogP) is 2.32. The van der Waals surface area contributed by atoms with Gasteiger partial charge in [0.1, 0.15) is 0 Å². The van der Waals surface area contributed by atoms with Crippen LogP contribution in [0.2, 0.25) is 0 Å². The molecule has 0 aliphatic heterocycles. The summed E-state index contributed by atoms with van der Waals surface area (Å²) in [6, 6.07) is 0.325. The highest BCUT2D eigenvalue weighted by molar-refractivity contribution is 5.35. The summed E-state index contributed by atoms with van der Waals surface area (Å²) in [5, 5.41) is 6.27. The maximum atomic E-state index is 5.55. The third-order valence-electron chi connectivity index (χ3n) is 2.33. The van der Waals surface area contributed by atoms with E-state index in [0.717, 1.165) is 13.0 Å². The molecule has 0 fully saturated rings. The van der Waals surface area contributed by atoms with Gasteiger partial charge in [0.05, 0.1) is 18.8 Å². The molecule has 120 valence electrons. The van der Waals surface area contributed by atoms with Gasteiger partial charge in [-0.15, -0.1) is 0 Å². The fourth-order valence-electron chi connectivity index (χ4n) is 1.47. The second kappa shape index (κ2) is 9.33. The van der Waals surface area contributed by atoms with Crippen LogP contribution in [0.25, 0.3) is 0 Å². The summed E-state index contributed by atoms with van der Waals surface area (Å²) >= 11 is 0. The maximum Gasteiger partial charge on any atom is 0.323 e. The lowest BCUT2D eigenvalue weighted by molar-refractivity contribution is 0.0869. The van der Waals surface area contributed by atoms with Crippen molar-refractivity contribution in [1.82, 2.24) is 15.0 Å². The summed E-state index contributed by atoms with van der Waals surface area (Å²) < 4.78 is 11.0. The van der Waals surface area contributed by atoms with Crippen molar-refractivity contribution in [3.05, 3.63) is 0 Å². The number of anilines is 2. The largest absolute Gasteiger partial charge is 0.461 e. The van der Waals surface area contributed by atoms with E-state index in [1.54, 1.807) is 0 Å². The minimum atomic E-state index is 0.0172. The lowest BCUT2D eigenvalue weighted by Gasteiger charge is -2.12. The van der Waals surface area contributed by atoms with Gasteiger partial charge in [0.15, 0.2) is 0 Å². The SMILES string of the molecule is CCCNc1nc(NCCOC(C)C)nc(OC(C)C)n1. The molecule has 0 spiro atoms. The zero-order valence-corrected chi connectivity index (χ0v) is 13.6. The van der Waals surface area contributed by atoms with Crippen molar-refractivity contribution < 1.29 is 9.47 Å². The molecule has 1 rings (SSSR count). The van der Waals surface area contributed by atoms with Gasteiger partial charge in [-0.05, 0) is 34.1 Å². The summed E-state index contributed by atoms with van der Waals surface area (Å²) in [5.41, 5.74) is 0. The van der Waals surface area contributed by atoms with E-state index in [0.29, 0.717) is 31.1 Å². The normalized spacial score (nSPS) is 11.0. The molecule has 1 heterocycles. The molecule has 0 atom stereocenters. The summed E-state index contributed by atoms with van der Waals surface area (Å²) in [7, 11) is 0. The van der Waals surface area contributed by atoms with E-state index < -0.39 is 0 Å². The first-order chi connectivity index (χ1) is 10.0. The third kappa shape index (κ3) is 7.65. The number of nitrogens with one attached hydrogen (secondary N) is 2. The molecule has 0 radical (unpaired) electrons. The number of hydrogen-bond donors (Lipinski definition) is 2. The van der Waals surface area contributed by atoms with E-state index in [1.807, 2.05) is 27.7 Å². The Morgan fingerprint density at radius 3 is 2.05 bits per heavy atom. The summed E-state index contributed by atoms with van der Waals surface area (Å²) in [6.45, 7) is 12.0. The summed E-state index contributed by atoms with van der Waals surface area (Å²) in [4.78, 5) is 12.8. The van der Waals surface area contributed by atoms with Gasteiger partial charge in [0.2, 0.25) is 11.9 Å². The molecule has 1 aromatic rings. The molecule has 7 heteroatoms. The molecule has 2 N–H and O–H groups in total. The molecule has 0 saturated carbocycles. The van der Waals surface area contributed by atoms with Crippen LogP contribution in [-0.2, 0) is 4.74 Å². The van der Waals surface area contributed by atoms with E-state index in [1.165, 1.54) is 0 Å². The second-order valence-electron chi connectivity index (χ2n) is 5.20. The zero-order valence-electron chi connectivity index (χ0n) is 13.6. The molecular weight excluding hydrogens is 270 g/mol. The van der Waals surface area contributed by atoms with Crippen LogP contribution >= 0.6 is 0 Å². The number of rotatable bonds is 10. The lowest BCUT2D eigenvalue weighted by Crippen LogP contribution is -2.17. The van der Waals surface area contributed by atoms with Gasteiger partial charge < -0.3 is 20.1 Å². The molecule has 7 nitrogen and oxygen atoms in total. The highest BCUT2D eigenvalue weighted by Crippen LogP contribution is 2.12. The van der Waals surface area contributed by atoms with Gasteiger partial charge in [-0.3, -0.25) is 0 Å². The van der Waals surface area contributed by atoms with Crippen LogP contribution in [0, 0.1) is 0 Å². The highest BCUT2D eigenvalue weighted by Gasteiger charge is 2.08. The first-order valence-corrected chi connectivity index (χ1v) is 7.53. The van der Waals surface area contributed by atoms with Crippen molar-refractivity contribution >= 4 is 11.9 Å². The smallest absolute Gasteiger partial charge is 0.323 e. The highest BCUT2D eigenvalue weighted by atomic mass is 16.5. The van der Waals surface area contributed by atoms with Crippen molar-refractivity contribution in [2.45, 2.75) is 53.2 Å². The molecule has 0 aliphatic rings. The van der Waals surface area contributed by atoms with Crippen LogP contribution < -0.4 is 15.4 Å². The van der Waals surface area contributed by atoms with Crippen LogP contribution in [0.3, 0.4) is 0 Å². The van der Waals surface area contributed by atoms with E-state index in [2.05, 4.69) is 32.5 Å². The van der Waals surface area contributed by atoms with Crippen LogP contribution in [0.5, 0.6) is 6.01 Å². The Balaban J connectivity index is 2.66. The fourth-order valence-corrected chi connectivity index (χ4v) is 1.47. The van der Waals surface area contributed by atoms with E-state index >= 15 is 0 Å². The first-order valence-electron chi connectivity index (χ1n) is 7.53. The van der Waals surface area contributed by atoms with Gasteiger partial charge in [0, 0.05) is 13.1 Å². The molecule has 0 aromatic carbocycles. The second-order valence-corrected chi connectivity index (χ2v) is 5.20. The van der Waals surface area contributed by atoms with Crippen molar-refractivity contribution in [2.24, 2.45) is 0 Å². The number of aromatic nitrogens is 3. The van der Waals surface area contributed by atoms with Crippen molar-refractivity contribution in [1.29, 1.82) is 0 Å². The third-order valence-corrected chi connectivity index (χ3v) is 2.33. The van der Waals surface area contributed by atoms with E-state index in [4.69, 9.17) is 9.47 Å². The molecule has 0 unspecified atom stereocenters. The minimum absolute atomic E-state index is 0.0172. The molecule has 1 aromatic heterocycles. The first kappa shape index (κ1) is 17.4. The Hall–Kier alpha value is -1.63. The topological polar surface area (TPSA) is 81.2 Å². The predicted molar refractivity (Wildman–Crippen MR) is 83.9 cm³/mol. The minimum Gasteiger partial charge on any atom is -0.461 e. The number of ether oxygens (including phenoxy) is 2. The Morgan fingerprint density at radius 1 is 0.905 bits per heavy atom. The molecule has 21 heavy (non-hydrogen) atoms. The van der Waals surface area contributed by atoms with Crippen molar-refractivity contribution in [3.63, 3.8) is 0 Å². The van der Waals surface area contributed by atoms with Crippen molar-refractivity contribution in [2.75, 3.05) is 30.3 Å². The van der Waals surface area contributed by atoms with Gasteiger partial charge in [-0.2, -0.15) is 15.0 Å².